The third-order valence-electron chi connectivity index (χ3n) is 6.33. The molecule has 0 radical (unpaired) electrons. The fraction of sp³-hybridized carbons (Fsp3) is 0.160. The minimum absolute atomic E-state index is 0.0951. The number of nitriles is 1. The third kappa shape index (κ3) is 2.92. The van der Waals surface area contributed by atoms with E-state index in [2.05, 4.69) is 6.07 Å². The van der Waals surface area contributed by atoms with Crippen molar-refractivity contribution in [1.82, 2.24) is 0 Å². The summed E-state index contributed by atoms with van der Waals surface area (Å²) >= 11 is 18.2. The fourth-order valence-corrected chi connectivity index (χ4v) is 5.69. The van der Waals surface area contributed by atoms with Gasteiger partial charge in [-0.25, -0.2) is 0 Å². The maximum atomic E-state index is 14.0. The Morgan fingerprint density at radius 2 is 1.61 bits per heavy atom. The summed E-state index contributed by atoms with van der Waals surface area (Å²) in [6, 6.07) is 24.4. The van der Waals surface area contributed by atoms with Gasteiger partial charge in [0, 0.05) is 21.3 Å². The average molecular weight is 463 g/mol. The number of carbonyl (C=O) groups is 1. The predicted molar refractivity (Wildman–Crippen MR) is 127 cm³/mol. The number of Topliss-reactive ketones (excluding diaryl/α,β-unsaturated/α-hetero) is 1. The van der Waals surface area contributed by atoms with Gasteiger partial charge in [0.05, 0.1) is 23.0 Å². The summed E-state index contributed by atoms with van der Waals surface area (Å²) in [5, 5.41) is 11.5. The number of anilines is 1. The summed E-state index contributed by atoms with van der Waals surface area (Å²) in [6.45, 7) is 0. The van der Waals surface area contributed by atoms with Gasteiger partial charge in [-0.1, -0.05) is 71.8 Å². The van der Waals surface area contributed by atoms with E-state index in [4.69, 9.17) is 35.4 Å². The molecule has 3 nitrogen and oxygen atoms in total. The standard InChI is InChI=1S/C25H16Cl2N2OS/c26-16-7-5-15(6-8-16)21(14-28)25-13-22(19-3-1-2-4-20(19)23(25)30)29(24(25)31)18-11-9-17(27)10-12-18/h1-12,21-22H,13H2/t21-,22+,25+/m0/s1. The van der Waals surface area contributed by atoms with E-state index >= 15 is 0 Å². The smallest absolute Gasteiger partial charge is 0.177 e. The lowest BCUT2D eigenvalue weighted by Crippen LogP contribution is -2.43. The molecular formula is C25H16Cl2N2OS. The molecule has 1 saturated heterocycles. The number of benzene rings is 3. The molecule has 3 aromatic rings. The second-order valence-corrected chi connectivity index (χ2v) is 9.13. The Morgan fingerprint density at radius 1 is 1.00 bits per heavy atom. The zero-order chi connectivity index (χ0) is 21.8. The van der Waals surface area contributed by atoms with E-state index in [1.807, 2.05) is 53.4 Å². The maximum absolute atomic E-state index is 14.0. The van der Waals surface area contributed by atoms with Gasteiger partial charge in [0.25, 0.3) is 0 Å². The number of thiocarbonyl (C=S) groups is 1. The minimum Gasteiger partial charge on any atom is -0.328 e. The van der Waals surface area contributed by atoms with Gasteiger partial charge in [-0.15, -0.1) is 0 Å². The molecule has 1 aliphatic heterocycles. The monoisotopic (exact) mass is 462 g/mol. The molecule has 3 atom stereocenters. The molecule has 0 saturated carbocycles. The molecule has 0 aromatic heterocycles. The van der Waals surface area contributed by atoms with Crippen molar-refractivity contribution in [2.75, 3.05) is 4.90 Å². The molecule has 0 amide bonds. The zero-order valence-corrected chi connectivity index (χ0v) is 18.6. The third-order valence-corrected chi connectivity index (χ3v) is 7.39. The van der Waals surface area contributed by atoms with Crippen LogP contribution < -0.4 is 4.90 Å². The van der Waals surface area contributed by atoms with Crippen LogP contribution in [0.4, 0.5) is 5.69 Å². The number of halogens is 2. The molecule has 1 aliphatic carbocycles. The first-order chi connectivity index (χ1) is 15.0. The van der Waals surface area contributed by atoms with Gasteiger partial charge in [-0.05, 0) is 53.9 Å². The molecule has 0 N–H and O–H groups in total. The van der Waals surface area contributed by atoms with Crippen molar-refractivity contribution in [2.24, 2.45) is 5.41 Å². The first-order valence-electron chi connectivity index (χ1n) is 9.85. The number of fused-ring (bicyclic) bond motifs is 4. The van der Waals surface area contributed by atoms with Crippen molar-refractivity contribution in [3.8, 4) is 6.07 Å². The molecular weight excluding hydrogens is 447 g/mol. The number of carbonyl (C=O) groups excluding carboxylic acids is 1. The van der Waals surface area contributed by atoms with E-state index in [9.17, 15) is 10.1 Å². The molecule has 31 heavy (non-hydrogen) atoms. The fourth-order valence-electron chi connectivity index (χ4n) is 4.91. The summed E-state index contributed by atoms with van der Waals surface area (Å²) < 4.78 is 0. The van der Waals surface area contributed by atoms with Crippen molar-refractivity contribution in [2.45, 2.75) is 18.4 Å². The first kappa shape index (κ1) is 20.2. The Labute approximate surface area is 195 Å². The van der Waals surface area contributed by atoms with E-state index in [-0.39, 0.29) is 11.8 Å². The summed E-state index contributed by atoms with van der Waals surface area (Å²) in [4.78, 5) is 16.5. The van der Waals surface area contributed by atoms with E-state index in [0.717, 1.165) is 16.8 Å². The predicted octanol–water partition coefficient (Wildman–Crippen LogP) is 6.76. The van der Waals surface area contributed by atoms with E-state index in [1.54, 1.807) is 24.3 Å². The van der Waals surface area contributed by atoms with Crippen molar-refractivity contribution in [3.05, 3.63) is 99.5 Å². The van der Waals surface area contributed by atoms with Crippen LogP contribution in [0.2, 0.25) is 10.0 Å². The molecule has 1 fully saturated rings. The van der Waals surface area contributed by atoms with Crippen LogP contribution >= 0.6 is 35.4 Å². The Balaban J connectivity index is 1.74. The second kappa shape index (κ2) is 7.46. The van der Waals surface area contributed by atoms with Gasteiger partial charge >= 0.3 is 0 Å². The molecule has 1 heterocycles. The Kier molecular flexibility index (Phi) is 4.86. The number of nitrogens with zero attached hydrogens (tertiary/aromatic N) is 2. The van der Waals surface area contributed by atoms with Crippen molar-refractivity contribution < 1.29 is 4.79 Å². The van der Waals surface area contributed by atoms with Crippen molar-refractivity contribution >= 4 is 51.9 Å². The van der Waals surface area contributed by atoms with Crippen LogP contribution in [0.3, 0.4) is 0 Å². The highest BCUT2D eigenvalue weighted by atomic mass is 35.5. The molecule has 0 spiro atoms. The Hall–Kier alpha value is -2.71. The summed E-state index contributed by atoms with van der Waals surface area (Å²) in [6.07, 6.45) is 0.450. The largest absolute Gasteiger partial charge is 0.328 e. The van der Waals surface area contributed by atoms with Crippen molar-refractivity contribution in [1.29, 1.82) is 5.26 Å². The second-order valence-electron chi connectivity index (χ2n) is 7.87. The number of rotatable bonds is 3. The van der Waals surface area contributed by atoms with Crippen LogP contribution in [0.15, 0.2) is 72.8 Å². The van der Waals surface area contributed by atoms with Gasteiger partial charge in [0.2, 0.25) is 0 Å². The van der Waals surface area contributed by atoms with E-state index in [0.29, 0.717) is 27.0 Å². The molecule has 2 aliphatic rings. The zero-order valence-electron chi connectivity index (χ0n) is 16.3. The molecule has 0 unspecified atom stereocenters. The lowest BCUT2D eigenvalue weighted by atomic mass is 9.63. The Bertz CT molecular complexity index is 1250. The molecule has 152 valence electrons. The van der Waals surface area contributed by atoms with Gasteiger partial charge in [0.1, 0.15) is 5.41 Å². The van der Waals surface area contributed by atoms with Crippen LogP contribution in [-0.2, 0) is 0 Å². The van der Waals surface area contributed by atoms with Crippen LogP contribution in [0.1, 0.15) is 39.9 Å². The summed E-state index contributed by atoms with van der Waals surface area (Å²) in [5.41, 5.74) is 2.03. The van der Waals surface area contributed by atoms with Crippen LogP contribution in [0.5, 0.6) is 0 Å². The molecule has 3 aromatic carbocycles. The number of hydrogen-bond donors (Lipinski definition) is 0. The van der Waals surface area contributed by atoms with Gasteiger partial charge in [-0.3, -0.25) is 4.79 Å². The highest BCUT2D eigenvalue weighted by molar-refractivity contribution is 7.80. The highest BCUT2D eigenvalue weighted by Crippen LogP contribution is 2.59. The normalized spacial score (nSPS) is 22.7. The SMILES string of the molecule is N#C[C@@H](c1ccc(Cl)cc1)[C@]12C[C@H](c3ccccc3C1=O)N(c1ccc(Cl)cc1)C2=S. The van der Waals surface area contributed by atoms with E-state index < -0.39 is 11.3 Å². The topological polar surface area (TPSA) is 44.1 Å². The van der Waals surface area contributed by atoms with Crippen LogP contribution in [0, 0.1) is 16.7 Å². The molecule has 6 heteroatoms. The lowest BCUT2D eigenvalue weighted by molar-refractivity contribution is 0.0843. The first-order valence-corrected chi connectivity index (χ1v) is 11.0. The lowest BCUT2D eigenvalue weighted by Gasteiger charge is -2.34. The summed E-state index contributed by atoms with van der Waals surface area (Å²) in [5.74, 6) is -0.819. The maximum Gasteiger partial charge on any atom is 0.177 e. The average Bonchev–Trinajstić information content (AvgIpc) is 3.06. The van der Waals surface area contributed by atoms with E-state index in [1.165, 1.54) is 0 Å². The number of ketones is 1. The van der Waals surface area contributed by atoms with Gasteiger partial charge in [0.15, 0.2) is 5.78 Å². The van der Waals surface area contributed by atoms with Crippen molar-refractivity contribution in [3.63, 3.8) is 0 Å². The van der Waals surface area contributed by atoms with Crippen LogP contribution in [0.25, 0.3) is 0 Å². The number of hydrogen-bond acceptors (Lipinski definition) is 3. The quantitative estimate of drug-likeness (QED) is 0.403. The van der Waals surface area contributed by atoms with Crippen LogP contribution in [-0.4, -0.2) is 10.8 Å². The molecule has 5 rings (SSSR count). The summed E-state index contributed by atoms with van der Waals surface area (Å²) in [7, 11) is 0. The minimum atomic E-state index is -1.13. The van der Waals surface area contributed by atoms with Gasteiger partial charge < -0.3 is 4.90 Å². The molecule has 2 bridgehead atoms. The Morgan fingerprint density at radius 3 is 2.26 bits per heavy atom. The highest BCUT2D eigenvalue weighted by Gasteiger charge is 2.62. The van der Waals surface area contributed by atoms with Gasteiger partial charge in [-0.2, -0.15) is 5.26 Å².